The van der Waals surface area contributed by atoms with Crippen molar-refractivity contribution in [3.05, 3.63) is 16.8 Å². The lowest BCUT2D eigenvalue weighted by Crippen LogP contribution is -2.34. The summed E-state index contributed by atoms with van der Waals surface area (Å²) in [5.74, 6) is -0.106. The third-order valence-corrected chi connectivity index (χ3v) is 2.69. The van der Waals surface area contributed by atoms with Crippen LogP contribution in [0.15, 0.2) is 0 Å². The predicted molar refractivity (Wildman–Crippen MR) is 69.7 cm³/mol. The van der Waals surface area contributed by atoms with E-state index in [0.29, 0.717) is 11.4 Å². The number of hydrogen-bond acceptors (Lipinski definition) is 5. The van der Waals surface area contributed by atoms with E-state index in [1.54, 1.807) is 6.92 Å². The molecule has 1 unspecified atom stereocenters. The molecule has 0 radical (unpaired) electrons. The number of amides is 1. The van der Waals surface area contributed by atoms with Crippen molar-refractivity contribution in [1.29, 1.82) is 0 Å². The highest BCUT2D eigenvalue weighted by Crippen LogP contribution is 2.18. The molecule has 0 aliphatic heterocycles. The number of hydrogen-bond donors (Lipinski definition) is 3. The summed E-state index contributed by atoms with van der Waals surface area (Å²) in [4.78, 5) is 11.2. The van der Waals surface area contributed by atoms with Gasteiger partial charge in [0.05, 0.1) is 11.3 Å². The highest BCUT2D eigenvalue weighted by molar-refractivity contribution is 7.80. The molecule has 1 aromatic heterocycles. The van der Waals surface area contributed by atoms with E-state index in [0.717, 1.165) is 11.3 Å². The molecular formula is C10H15N5OS. The average Bonchev–Trinajstić information content (AvgIpc) is 2.22. The molecule has 0 aromatic carbocycles. The van der Waals surface area contributed by atoms with Crippen LogP contribution in [0.2, 0.25) is 0 Å². The normalized spacial score (nSPS) is 11.9. The van der Waals surface area contributed by atoms with Gasteiger partial charge in [-0.3, -0.25) is 4.79 Å². The molecule has 1 atom stereocenters. The third-order valence-electron chi connectivity index (χ3n) is 2.48. The molecule has 1 aromatic rings. The van der Waals surface area contributed by atoms with Gasteiger partial charge in [-0.1, -0.05) is 12.2 Å². The first-order valence-electron chi connectivity index (χ1n) is 5.04. The van der Waals surface area contributed by atoms with Crippen molar-refractivity contribution in [1.82, 2.24) is 10.2 Å². The maximum atomic E-state index is 11.0. The topological polar surface area (TPSA) is 107 Å². The summed E-state index contributed by atoms with van der Waals surface area (Å²) < 4.78 is 0. The number of carbonyl (C=O) groups is 1. The van der Waals surface area contributed by atoms with Gasteiger partial charge in [0.15, 0.2) is 5.82 Å². The number of thiocarbonyl (C=S) groups is 1. The second kappa shape index (κ2) is 5.05. The molecule has 6 nitrogen and oxygen atoms in total. The number of rotatable bonds is 4. The minimum Gasteiger partial charge on any atom is -0.389 e. The van der Waals surface area contributed by atoms with Gasteiger partial charge >= 0.3 is 0 Å². The van der Waals surface area contributed by atoms with Gasteiger partial charge in [0, 0.05) is 0 Å². The quantitative estimate of drug-likeness (QED) is 0.653. The van der Waals surface area contributed by atoms with Gasteiger partial charge in [0.2, 0.25) is 5.91 Å². The first-order chi connectivity index (χ1) is 7.84. The third kappa shape index (κ3) is 2.88. The fourth-order valence-electron chi connectivity index (χ4n) is 1.29. The van der Waals surface area contributed by atoms with E-state index in [9.17, 15) is 4.79 Å². The van der Waals surface area contributed by atoms with Crippen LogP contribution in [0.3, 0.4) is 0 Å². The lowest BCUT2D eigenvalue weighted by molar-refractivity contribution is -0.118. The number of carbonyl (C=O) groups excluding carboxylic acids is 1. The van der Waals surface area contributed by atoms with Crippen LogP contribution in [0, 0.1) is 13.8 Å². The van der Waals surface area contributed by atoms with Crippen LogP contribution in [0.1, 0.15) is 23.7 Å². The Morgan fingerprint density at radius 1 is 1.35 bits per heavy atom. The van der Waals surface area contributed by atoms with Crippen molar-refractivity contribution in [3.63, 3.8) is 0 Å². The Morgan fingerprint density at radius 2 is 1.94 bits per heavy atom. The lowest BCUT2D eigenvalue weighted by atomic mass is 10.1. The minimum absolute atomic E-state index is 0.208. The number of nitrogens with two attached hydrogens (primary N) is 2. The summed E-state index contributed by atoms with van der Waals surface area (Å²) in [5.41, 5.74) is 13.0. The molecule has 1 rings (SSSR count). The summed E-state index contributed by atoms with van der Waals surface area (Å²) in [5, 5.41) is 10.7. The highest BCUT2D eigenvalue weighted by atomic mass is 32.1. The predicted octanol–water partition coefficient (Wildman–Crippen LogP) is 0.0133. The van der Waals surface area contributed by atoms with Crippen LogP contribution in [0.4, 0.5) is 5.82 Å². The van der Waals surface area contributed by atoms with Crippen molar-refractivity contribution in [2.75, 3.05) is 5.32 Å². The first-order valence-corrected chi connectivity index (χ1v) is 5.45. The van der Waals surface area contributed by atoms with Gasteiger partial charge in [0.1, 0.15) is 11.0 Å². The Kier molecular flexibility index (Phi) is 3.95. The molecule has 0 aliphatic carbocycles. The van der Waals surface area contributed by atoms with Crippen molar-refractivity contribution in [2.24, 2.45) is 11.5 Å². The van der Waals surface area contributed by atoms with Crippen molar-refractivity contribution in [3.8, 4) is 0 Å². The molecule has 0 aliphatic rings. The Morgan fingerprint density at radius 3 is 2.41 bits per heavy atom. The molecule has 0 saturated heterocycles. The molecular weight excluding hydrogens is 238 g/mol. The van der Waals surface area contributed by atoms with Crippen LogP contribution >= 0.6 is 12.2 Å². The highest BCUT2D eigenvalue weighted by Gasteiger charge is 2.17. The summed E-state index contributed by atoms with van der Waals surface area (Å²) in [6.45, 7) is 5.28. The van der Waals surface area contributed by atoms with Crippen LogP contribution < -0.4 is 16.8 Å². The van der Waals surface area contributed by atoms with E-state index in [1.165, 1.54) is 0 Å². The number of aromatic nitrogens is 2. The van der Waals surface area contributed by atoms with E-state index in [2.05, 4.69) is 15.5 Å². The number of aryl methyl sites for hydroxylation is 1. The molecule has 92 valence electrons. The van der Waals surface area contributed by atoms with Crippen LogP contribution in [-0.4, -0.2) is 27.1 Å². The molecule has 5 N–H and O–H groups in total. The zero-order chi connectivity index (χ0) is 13.2. The van der Waals surface area contributed by atoms with Gasteiger partial charge in [0.25, 0.3) is 0 Å². The molecule has 0 spiro atoms. The fourth-order valence-corrected chi connectivity index (χ4v) is 1.54. The van der Waals surface area contributed by atoms with Crippen LogP contribution in [0.25, 0.3) is 0 Å². The van der Waals surface area contributed by atoms with Gasteiger partial charge in [-0.05, 0) is 26.3 Å². The standard InChI is InChI=1S/C10H15N5OS/c1-4-5(2)14-15-10(7(4)9(12)17)13-6(3)8(11)16/h6H,1-3H3,(H2,11,16)(H2,12,17)(H,13,15). The molecule has 0 fully saturated rings. The van der Waals surface area contributed by atoms with E-state index < -0.39 is 11.9 Å². The lowest BCUT2D eigenvalue weighted by Gasteiger charge is -2.15. The van der Waals surface area contributed by atoms with Crippen LogP contribution in [-0.2, 0) is 4.79 Å². The SMILES string of the molecule is Cc1nnc(NC(C)C(N)=O)c(C(N)=S)c1C. The van der Waals surface area contributed by atoms with E-state index in [-0.39, 0.29) is 4.99 Å². The van der Waals surface area contributed by atoms with Gasteiger partial charge in [-0.25, -0.2) is 0 Å². The Hall–Kier alpha value is -1.76. The first kappa shape index (κ1) is 13.3. The van der Waals surface area contributed by atoms with Gasteiger partial charge < -0.3 is 16.8 Å². The summed E-state index contributed by atoms with van der Waals surface area (Å²) in [7, 11) is 0. The smallest absolute Gasteiger partial charge is 0.239 e. The van der Waals surface area contributed by atoms with Crippen molar-refractivity contribution < 1.29 is 4.79 Å². The van der Waals surface area contributed by atoms with Gasteiger partial charge in [-0.2, -0.15) is 5.10 Å². The molecule has 0 bridgehead atoms. The van der Waals surface area contributed by atoms with Gasteiger partial charge in [-0.15, -0.1) is 5.10 Å². The Balaban J connectivity index is 3.20. The Bertz CT molecular complexity index is 474. The Labute approximate surface area is 105 Å². The summed E-state index contributed by atoms with van der Waals surface area (Å²) >= 11 is 4.97. The molecule has 17 heavy (non-hydrogen) atoms. The molecule has 7 heteroatoms. The second-order valence-corrected chi connectivity index (χ2v) is 4.21. The number of primary amides is 1. The molecule has 1 heterocycles. The zero-order valence-corrected chi connectivity index (χ0v) is 10.8. The largest absolute Gasteiger partial charge is 0.389 e. The monoisotopic (exact) mass is 253 g/mol. The van der Waals surface area contributed by atoms with Crippen molar-refractivity contribution >= 4 is 28.9 Å². The van der Waals surface area contributed by atoms with E-state index in [4.69, 9.17) is 23.7 Å². The minimum atomic E-state index is -0.570. The van der Waals surface area contributed by atoms with E-state index in [1.807, 2.05) is 13.8 Å². The van der Waals surface area contributed by atoms with Crippen LogP contribution in [0.5, 0.6) is 0 Å². The zero-order valence-electron chi connectivity index (χ0n) is 9.94. The van der Waals surface area contributed by atoms with E-state index >= 15 is 0 Å². The number of anilines is 1. The number of nitrogens with zero attached hydrogens (tertiary/aromatic N) is 2. The average molecular weight is 253 g/mol. The number of nitrogens with one attached hydrogen (secondary N) is 1. The maximum Gasteiger partial charge on any atom is 0.239 e. The molecule has 1 amide bonds. The maximum absolute atomic E-state index is 11.0. The summed E-state index contributed by atoms with van der Waals surface area (Å²) in [6.07, 6.45) is 0. The van der Waals surface area contributed by atoms with Crippen molar-refractivity contribution in [2.45, 2.75) is 26.8 Å². The molecule has 0 saturated carbocycles. The summed E-state index contributed by atoms with van der Waals surface area (Å²) in [6, 6.07) is -0.570. The fraction of sp³-hybridized carbons (Fsp3) is 0.400. The second-order valence-electron chi connectivity index (χ2n) is 3.77.